The molecule has 234 valence electrons. The van der Waals surface area contributed by atoms with Crippen LogP contribution in [0.3, 0.4) is 0 Å². The van der Waals surface area contributed by atoms with Gasteiger partial charge in [-0.1, -0.05) is 43.5 Å². The molecule has 0 spiro atoms. The molecule has 0 unspecified atom stereocenters. The van der Waals surface area contributed by atoms with Crippen LogP contribution in [0, 0.1) is 13.8 Å². The molecule has 0 heterocycles. The highest BCUT2D eigenvalue weighted by atomic mass is 16.5. The number of ether oxygens (including phenoxy) is 1. The van der Waals surface area contributed by atoms with E-state index in [1.807, 2.05) is 75.3 Å². The van der Waals surface area contributed by atoms with Crippen molar-refractivity contribution in [2.75, 3.05) is 61.4 Å². The molecule has 44 heavy (non-hydrogen) atoms. The molecule has 4 amide bonds. The van der Waals surface area contributed by atoms with Crippen LogP contribution in [0.15, 0.2) is 66.7 Å². The first-order chi connectivity index (χ1) is 21.0. The van der Waals surface area contributed by atoms with Gasteiger partial charge in [0, 0.05) is 51.3 Å². The van der Waals surface area contributed by atoms with E-state index in [-0.39, 0.29) is 37.0 Å². The predicted octanol–water partition coefficient (Wildman–Crippen LogP) is 6.24. The Labute approximate surface area is 261 Å². The minimum Gasteiger partial charge on any atom is -0.482 e. The Morgan fingerprint density at radius 2 is 1.45 bits per heavy atom. The summed E-state index contributed by atoms with van der Waals surface area (Å²) >= 11 is 0. The molecule has 9 heteroatoms. The molecule has 3 aromatic carbocycles. The third-order valence-electron chi connectivity index (χ3n) is 8.12. The zero-order valence-corrected chi connectivity index (χ0v) is 26.8. The lowest BCUT2D eigenvalue weighted by molar-refractivity contribution is -0.120. The number of nitrogens with one attached hydrogen (secondary N) is 1. The van der Waals surface area contributed by atoms with Crippen molar-refractivity contribution < 1.29 is 19.1 Å². The summed E-state index contributed by atoms with van der Waals surface area (Å²) in [6, 6.07) is 20.4. The number of carbonyl (C=O) groups is 3. The molecule has 1 aliphatic carbocycles. The number of urea groups is 1. The Kier molecular flexibility index (Phi) is 10.9. The van der Waals surface area contributed by atoms with Crippen molar-refractivity contribution in [2.24, 2.45) is 0 Å². The van der Waals surface area contributed by atoms with E-state index in [1.165, 1.54) is 4.90 Å². The molecule has 1 saturated carbocycles. The van der Waals surface area contributed by atoms with Gasteiger partial charge in [-0.2, -0.15) is 0 Å². The summed E-state index contributed by atoms with van der Waals surface area (Å²) < 4.78 is 5.97. The second kappa shape index (κ2) is 14.8. The summed E-state index contributed by atoms with van der Waals surface area (Å²) in [6.07, 6.45) is 4.90. The molecular weight excluding hydrogens is 554 g/mol. The largest absolute Gasteiger partial charge is 0.482 e. The van der Waals surface area contributed by atoms with Gasteiger partial charge in [0.1, 0.15) is 12.3 Å². The van der Waals surface area contributed by atoms with Crippen LogP contribution in [-0.4, -0.2) is 70.1 Å². The van der Waals surface area contributed by atoms with Gasteiger partial charge in [0.25, 0.3) is 5.91 Å². The molecule has 1 aliphatic rings. The minimum absolute atomic E-state index is 0.0250. The molecule has 1 N–H and O–H groups in total. The van der Waals surface area contributed by atoms with E-state index in [4.69, 9.17) is 4.74 Å². The molecule has 1 fully saturated rings. The van der Waals surface area contributed by atoms with Gasteiger partial charge in [-0.3, -0.25) is 9.59 Å². The maximum absolute atomic E-state index is 13.7. The SMILES string of the molecule is Cc1cc(C)cc(N(C)C(=O)COc2ccccc2N(C)C(=O)CN(C(=O)Nc2cccc(N(C)C)c2)C2CCCCC2)c1. The summed E-state index contributed by atoms with van der Waals surface area (Å²) in [5.74, 6) is -0.0422. The summed E-state index contributed by atoms with van der Waals surface area (Å²) in [7, 11) is 7.30. The Balaban J connectivity index is 1.46. The summed E-state index contributed by atoms with van der Waals surface area (Å²) in [5.41, 5.74) is 5.12. The van der Waals surface area contributed by atoms with Gasteiger partial charge in [0.05, 0.1) is 5.69 Å². The zero-order chi connectivity index (χ0) is 31.8. The third kappa shape index (κ3) is 8.30. The van der Waals surface area contributed by atoms with Crippen LogP contribution in [0.25, 0.3) is 0 Å². The van der Waals surface area contributed by atoms with Crippen LogP contribution in [0.4, 0.5) is 27.5 Å². The highest BCUT2D eigenvalue weighted by Crippen LogP contribution is 2.29. The molecule has 4 rings (SSSR count). The second-order valence-electron chi connectivity index (χ2n) is 11.8. The van der Waals surface area contributed by atoms with E-state index in [1.54, 1.807) is 42.1 Å². The van der Waals surface area contributed by atoms with Gasteiger partial charge >= 0.3 is 6.03 Å². The Morgan fingerprint density at radius 3 is 2.14 bits per heavy atom. The van der Waals surface area contributed by atoms with Crippen LogP contribution in [0.5, 0.6) is 5.75 Å². The summed E-state index contributed by atoms with van der Waals surface area (Å²) in [6.45, 7) is 3.72. The monoisotopic (exact) mass is 599 g/mol. The Hall–Kier alpha value is -4.53. The fourth-order valence-electron chi connectivity index (χ4n) is 5.58. The number of hydrogen-bond acceptors (Lipinski definition) is 5. The normalized spacial score (nSPS) is 13.1. The van der Waals surface area contributed by atoms with Gasteiger partial charge in [-0.05, 0) is 80.3 Å². The summed E-state index contributed by atoms with van der Waals surface area (Å²) in [5, 5.41) is 3.02. The molecule has 0 atom stereocenters. The fraction of sp³-hybridized carbons (Fsp3) is 0.400. The molecule has 0 bridgehead atoms. The first kappa shape index (κ1) is 32.4. The van der Waals surface area contributed by atoms with Crippen LogP contribution < -0.4 is 24.8 Å². The maximum Gasteiger partial charge on any atom is 0.322 e. The Morgan fingerprint density at radius 1 is 0.773 bits per heavy atom. The molecule has 0 saturated heterocycles. The van der Waals surface area contributed by atoms with Gasteiger partial charge in [0.2, 0.25) is 5.91 Å². The van der Waals surface area contributed by atoms with Crippen molar-refractivity contribution >= 4 is 40.6 Å². The van der Waals surface area contributed by atoms with Crippen molar-refractivity contribution in [1.82, 2.24) is 4.90 Å². The van der Waals surface area contributed by atoms with Crippen molar-refractivity contribution in [1.29, 1.82) is 0 Å². The van der Waals surface area contributed by atoms with Gasteiger partial charge in [0.15, 0.2) is 6.61 Å². The van der Waals surface area contributed by atoms with E-state index in [2.05, 4.69) is 11.4 Å². The van der Waals surface area contributed by atoms with Crippen molar-refractivity contribution in [3.63, 3.8) is 0 Å². The number of hydrogen-bond donors (Lipinski definition) is 1. The van der Waals surface area contributed by atoms with Crippen LogP contribution in [0.1, 0.15) is 43.2 Å². The molecule has 0 aliphatic heterocycles. The zero-order valence-electron chi connectivity index (χ0n) is 26.8. The molecule has 0 radical (unpaired) electrons. The number of carbonyl (C=O) groups excluding carboxylic acids is 3. The lowest BCUT2D eigenvalue weighted by Gasteiger charge is -2.35. The average molecular weight is 600 g/mol. The topological polar surface area (TPSA) is 85.4 Å². The minimum atomic E-state index is -0.292. The first-order valence-electron chi connectivity index (χ1n) is 15.2. The van der Waals surface area contributed by atoms with Gasteiger partial charge < -0.3 is 29.7 Å². The Bertz CT molecular complexity index is 1450. The number of benzene rings is 3. The lowest BCUT2D eigenvalue weighted by Crippen LogP contribution is -2.49. The number of para-hydroxylation sites is 2. The maximum atomic E-state index is 13.7. The predicted molar refractivity (Wildman–Crippen MR) is 178 cm³/mol. The van der Waals surface area contributed by atoms with E-state index in [9.17, 15) is 14.4 Å². The van der Waals surface area contributed by atoms with E-state index < -0.39 is 0 Å². The first-order valence-corrected chi connectivity index (χ1v) is 15.2. The average Bonchev–Trinajstić information content (AvgIpc) is 3.01. The smallest absolute Gasteiger partial charge is 0.322 e. The highest BCUT2D eigenvalue weighted by molar-refractivity contribution is 5.99. The van der Waals surface area contributed by atoms with Crippen molar-refractivity contribution in [2.45, 2.75) is 52.0 Å². The second-order valence-corrected chi connectivity index (χ2v) is 11.8. The number of aryl methyl sites for hydroxylation is 2. The third-order valence-corrected chi connectivity index (χ3v) is 8.12. The van der Waals surface area contributed by atoms with E-state index in [0.717, 1.165) is 54.6 Å². The van der Waals surface area contributed by atoms with E-state index >= 15 is 0 Å². The fourth-order valence-corrected chi connectivity index (χ4v) is 5.58. The molecule has 9 nitrogen and oxygen atoms in total. The van der Waals surface area contributed by atoms with Gasteiger partial charge in [-0.15, -0.1) is 0 Å². The van der Waals surface area contributed by atoms with Crippen LogP contribution in [-0.2, 0) is 9.59 Å². The van der Waals surface area contributed by atoms with Gasteiger partial charge in [-0.25, -0.2) is 4.79 Å². The quantitative estimate of drug-likeness (QED) is 0.298. The number of likely N-dealkylation sites (N-methyl/N-ethyl adjacent to an activating group) is 2. The number of nitrogens with zero attached hydrogens (tertiary/aromatic N) is 4. The standard InChI is InChI=1S/C35H45N5O4/c1-25-19-26(2)21-30(20-25)38(5)34(42)24-44-32-18-11-10-17-31(32)39(6)33(41)23-40(28-14-8-7-9-15-28)35(43)36-27-13-12-16-29(22-27)37(3)4/h10-13,16-22,28H,7-9,14-15,23-24H2,1-6H3,(H,36,43). The number of anilines is 4. The number of rotatable bonds is 10. The van der Waals surface area contributed by atoms with Crippen LogP contribution in [0.2, 0.25) is 0 Å². The summed E-state index contributed by atoms with van der Waals surface area (Å²) in [4.78, 5) is 47.1. The number of amides is 4. The molecule has 0 aromatic heterocycles. The lowest BCUT2D eigenvalue weighted by atomic mass is 9.94. The van der Waals surface area contributed by atoms with Crippen molar-refractivity contribution in [3.05, 3.63) is 77.9 Å². The van der Waals surface area contributed by atoms with Crippen molar-refractivity contribution in [3.8, 4) is 5.75 Å². The molecular formula is C35H45N5O4. The van der Waals surface area contributed by atoms with E-state index in [0.29, 0.717) is 17.1 Å². The highest BCUT2D eigenvalue weighted by Gasteiger charge is 2.29. The molecule has 3 aromatic rings. The van der Waals surface area contributed by atoms with Crippen LogP contribution >= 0.6 is 0 Å².